The van der Waals surface area contributed by atoms with Crippen molar-refractivity contribution in [3.63, 3.8) is 0 Å². The predicted molar refractivity (Wildman–Crippen MR) is 113 cm³/mol. The van der Waals surface area contributed by atoms with Crippen LogP contribution in [0.1, 0.15) is 0 Å². The molecule has 1 aliphatic heterocycles. The number of nitrogens with two attached hydrogens (primary N) is 1. The second-order valence-electron chi connectivity index (χ2n) is 6.54. The van der Waals surface area contributed by atoms with Gasteiger partial charge >= 0.3 is 0 Å². The topological polar surface area (TPSA) is 72.3 Å². The summed E-state index contributed by atoms with van der Waals surface area (Å²) in [5.74, 6) is 3.30. The molecule has 0 aliphatic carbocycles. The van der Waals surface area contributed by atoms with Crippen LogP contribution in [0.5, 0.6) is 0 Å². The largest absolute Gasteiger partial charge is 0.384 e. The maximum absolute atomic E-state index is 6.30. The van der Waals surface area contributed by atoms with Gasteiger partial charge in [-0.25, -0.2) is 4.98 Å². The first-order chi connectivity index (χ1) is 13.2. The van der Waals surface area contributed by atoms with E-state index in [1.54, 1.807) is 10.7 Å². The van der Waals surface area contributed by atoms with Crippen LogP contribution in [-0.4, -0.2) is 52.0 Å². The minimum absolute atomic E-state index is 0.424. The molecule has 1 saturated heterocycles. The van der Waals surface area contributed by atoms with Crippen LogP contribution in [0.25, 0.3) is 27.7 Å². The Morgan fingerprint density at radius 3 is 2.78 bits per heavy atom. The molecule has 0 atom stereocenters. The number of rotatable bonds is 2. The van der Waals surface area contributed by atoms with E-state index in [1.807, 2.05) is 42.2 Å². The second-order valence-corrected chi connectivity index (χ2v) is 7.77. The SMILES string of the molecule is [B]c1c(N2CCSCC2)nc2c(-c3cnc4ccccc4c3)cnn2c1N. The van der Waals surface area contributed by atoms with Crippen LogP contribution in [-0.2, 0) is 0 Å². The highest BCUT2D eigenvalue weighted by molar-refractivity contribution is 7.99. The summed E-state index contributed by atoms with van der Waals surface area (Å²) in [6.45, 7) is 1.83. The van der Waals surface area contributed by atoms with Crippen LogP contribution in [0.2, 0.25) is 0 Å². The molecule has 0 unspecified atom stereocenters. The zero-order valence-corrected chi connectivity index (χ0v) is 15.5. The Bertz CT molecular complexity index is 1150. The third kappa shape index (κ3) is 2.71. The molecule has 4 aromatic rings. The van der Waals surface area contributed by atoms with Crippen molar-refractivity contribution in [2.24, 2.45) is 0 Å². The van der Waals surface area contributed by atoms with Crippen LogP contribution in [0.3, 0.4) is 0 Å². The zero-order chi connectivity index (χ0) is 18.4. The maximum Gasteiger partial charge on any atom is 0.167 e. The molecule has 8 heteroatoms. The van der Waals surface area contributed by atoms with Gasteiger partial charge in [-0.15, -0.1) is 0 Å². The molecule has 27 heavy (non-hydrogen) atoms. The lowest BCUT2D eigenvalue weighted by Crippen LogP contribution is -2.37. The van der Waals surface area contributed by atoms with Crippen LogP contribution in [0.4, 0.5) is 11.6 Å². The molecule has 1 aromatic carbocycles. The van der Waals surface area contributed by atoms with Crippen molar-refractivity contribution in [1.82, 2.24) is 19.6 Å². The molecule has 132 valence electrons. The van der Waals surface area contributed by atoms with Gasteiger partial charge < -0.3 is 10.6 Å². The molecule has 6 nitrogen and oxygen atoms in total. The number of nitrogen functional groups attached to an aromatic ring is 1. The van der Waals surface area contributed by atoms with Crippen LogP contribution >= 0.6 is 11.8 Å². The third-order valence-electron chi connectivity index (χ3n) is 4.91. The summed E-state index contributed by atoms with van der Waals surface area (Å²) in [5, 5.41) is 5.50. The van der Waals surface area contributed by atoms with E-state index in [-0.39, 0.29) is 0 Å². The number of nitrogens with zero attached hydrogens (tertiary/aromatic N) is 5. The van der Waals surface area contributed by atoms with Gasteiger partial charge in [-0.1, -0.05) is 18.2 Å². The minimum Gasteiger partial charge on any atom is -0.384 e. The van der Waals surface area contributed by atoms with E-state index in [0.29, 0.717) is 16.9 Å². The van der Waals surface area contributed by atoms with Gasteiger partial charge in [0.05, 0.1) is 11.7 Å². The summed E-state index contributed by atoms with van der Waals surface area (Å²) in [4.78, 5) is 11.6. The molecule has 5 rings (SSSR count). The third-order valence-corrected chi connectivity index (χ3v) is 5.86. The Morgan fingerprint density at radius 1 is 1.11 bits per heavy atom. The van der Waals surface area contributed by atoms with Crippen molar-refractivity contribution < 1.29 is 0 Å². The predicted octanol–water partition coefficient (Wildman–Crippen LogP) is 1.87. The van der Waals surface area contributed by atoms with Gasteiger partial charge in [0.2, 0.25) is 0 Å². The van der Waals surface area contributed by atoms with Gasteiger partial charge in [-0.3, -0.25) is 4.98 Å². The summed E-state index contributed by atoms with van der Waals surface area (Å²) in [5.41, 5.74) is 10.3. The molecule has 1 fully saturated rings. The molecular formula is C19H17BN6S. The Balaban J connectivity index is 1.69. The van der Waals surface area contributed by atoms with E-state index >= 15 is 0 Å². The lowest BCUT2D eigenvalue weighted by Gasteiger charge is -2.29. The van der Waals surface area contributed by atoms with E-state index in [0.717, 1.165) is 52.4 Å². The van der Waals surface area contributed by atoms with Crippen molar-refractivity contribution in [2.45, 2.75) is 0 Å². The maximum atomic E-state index is 6.30. The van der Waals surface area contributed by atoms with Gasteiger partial charge in [0, 0.05) is 47.3 Å². The van der Waals surface area contributed by atoms with Crippen molar-refractivity contribution >= 4 is 53.3 Å². The van der Waals surface area contributed by atoms with E-state index in [2.05, 4.69) is 21.0 Å². The molecule has 0 amide bonds. The smallest absolute Gasteiger partial charge is 0.167 e. The van der Waals surface area contributed by atoms with Crippen molar-refractivity contribution in [1.29, 1.82) is 0 Å². The van der Waals surface area contributed by atoms with E-state index in [9.17, 15) is 0 Å². The second kappa shape index (κ2) is 6.46. The number of anilines is 2. The van der Waals surface area contributed by atoms with Gasteiger partial charge in [0.25, 0.3) is 0 Å². The van der Waals surface area contributed by atoms with E-state index < -0.39 is 0 Å². The first-order valence-corrected chi connectivity index (χ1v) is 9.98. The Morgan fingerprint density at radius 2 is 1.93 bits per heavy atom. The molecule has 0 saturated carbocycles. The number of hydrogen-bond acceptors (Lipinski definition) is 6. The lowest BCUT2D eigenvalue weighted by atomic mass is 9.96. The monoisotopic (exact) mass is 372 g/mol. The fraction of sp³-hybridized carbons (Fsp3) is 0.211. The highest BCUT2D eigenvalue weighted by Crippen LogP contribution is 2.28. The number of hydrogen-bond donors (Lipinski definition) is 1. The summed E-state index contributed by atoms with van der Waals surface area (Å²) in [6, 6.07) is 10.1. The zero-order valence-electron chi connectivity index (χ0n) is 14.7. The normalized spacial score (nSPS) is 14.9. The average Bonchev–Trinajstić information content (AvgIpc) is 3.15. The standard InChI is InChI=1S/C19H17BN6S/c20-16-17(21)26-18(24-19(16)25-5-7-27-8-6-25)14(11-23-26)13-9-12-3-1-2-4-15(12)22-10-13/h1-4,9-11H,5-8,21H2. The molecule has 0 spiro atoms. The van der Waals surface area contributed by atoms with Crippen molar-refractivity contribution in [2.75, 3.05) is 35.2 Å². The van der Waals surface area contributed by atoms with Crippen molar-refractivity contribution in [3.8, 4) is 11.1 Å². The summed E-state index contributed by atoms with van der Waals surface area (Å²) >= 11 is 1.94. The average molecular weight is 372 g/mol. The Hall–Kier alpha value is -2.74. The quantitative estimate of drug-likeness (QED) is 0.542. The lowest BCUT2D eigenvalue weighted by molar-refractivity contribution is 0.838. The first-order valence-electron chi connectivity index (χ1n) is 8.83. The molecule has 0 bridgehead atoms. The number of para-hydroxylation sites is 1. The van der Waals surface area contributed by atoms with Gasteiger partial charge in [-0.05, 0) is 17.6 Å². The van der Waals surface area contributed by atoms with E-state index in [1.165, 1.54) is 0 Å². The van der Waals surface area contributed by atoms with Crippen LogP contribution in [0.15, 0.2) is 42.7 Å². The fourth-order valence-electron chi connectivity index (χ4n) is 3.45. The molecule has 3 aromatic heterocycles. The molecule has 2 radical (unpaired) electrons. The number of pyridine rings is 1. The highest BCUT2D eigenvalue weighted by Gasteiger charge is 2.20. The first kappa shape index (κ1) is 16.4. The Kier molecular flexibility index (Phi) is 3.93. The fourth-order valence-corrected chi connectivity index (χ4v) is 4.36. The molecule has 1 aliphatic rings. The van der Waals surface area contributed by atoms with Crippen molar-refractivity contribution in [3.05, 3.63) is 42.7 Å². The number of thioether (sulfide) groups is 1. The summed E-state index contributed by atoms with van der Waals surface area (Å²) in [7, 11) is 6.29. The van der Waals surface area contributed by atoms with Gasteiger partial charge in [0.1, 0.15) is 19.5 Å². The van der Waals surface area contributed by atoms with E-state index in [4.69, 9.17) is 18.6 Å². The van der Waals surface area contributed by atoms with Gasteiger partial charge in [0.15, 0.2) is 5.65 Å². The minimum atomic E-state index is 0.424. The van der Waals surface area contributed by atoms with Crippen LogP contribution < -0.4 is 16.1 Å². The molecule has 2 N–H and O–H groups in total. The molecule has 4 heterocycles. The van der Waals surface area contributed by atoms with Gasteiger partial charge in [-0.2, -0.15) is 21.4 Å². The number of fused-ring (bicyclic) bond motifs is 2. The summed E-state index contributed by atoms with van der Waals surface area (Å²) in [6.07, 6.45) is 3.63. The summed E-state index contributed by atoms with van der Waals surface area (Å²) < 4.78 is 1.61. The number of aromatic nitrogens is 4. The molecular weight excluding hydrogens is 355 g/mol. The Labute approximate surface area is 162 Å². The number of benzene rings is 1. The highest BCUT2D eigenvalue weighted by atomic mass is 32.2. The van der Waals surface area contributed by atoms with Crippen LogP contribution in [0, 0.1) is 0 Å².